The third kappa shape index (κ3) is 9.56. The Kier molecular flexibility index (Phi) is 11.9. The van der Waals surface area contributed by atoms with Gasteiger partial charge in [-0.1, -0.05) is 43.2 Å². The molecule has 0 atom stereocenters. The summed E-state index contributed by atoms with van der Waals surface area (Å²) in [4.78, 5) is 71.7. The van der Waals surface area contributed by atoms with Crippen LogP contribution in [0.25, 0.3) is 33.3 Å². The number of unbranched alkanes of at least 4 members (excludes halogenated alkanes) is 3. The van der Waals surface area contributed by atoms with Crippen molar-refractivity contribution in [3.8, 4) is 22.4 Å². The fourth-order valence-electron chi connectivity index (χ4n) is 6.34. The van der Waals surface area contributed by atoms with Gasteiger partial charge in [0.1, 0.15) is 5.78 Å². The van der Waals surface area contributed by atoms with Crippen LogP contribution in [-0.4, -0.2) is 60.0 Å². The molecule has 0 unspecified atom stereocenters. The highest BCUT2D eigenvalue weighted by molar-refractivity contribution is 5.95. The van der Waals surface area contributed by atoms with Gasteiger partial charge in [-0.3, -0.25) is 29.1 Å². The highest BCUT2D eigenvalue weighted by Gasteiger charge is 2.23. The standard InChI is InChI=1S/C40H41N7O6/c48-31(15-17-38(50)51)14-16-37(49)43-19-3-1-2-4-22-47-39(52)34(32-7-5-9-35-33(32)8-6-20-42-35)23-36(45-47)27-10-12-30(13-11-27)44-40(53)46-25-28-18-21-41-24-29(28)26-46/h5-13,18,20-21,23-24H,1-4,14-17,19,22,25-26H2,(H,43,49)(H,44,53)(H,50,51). The molecule has 53 heavy (non-hydrogen) atoms. The van der Waals surface area contributed by atoms with Gasteiger partial charge in [-0.2, -0.15) is 5.10 Å². The molecular weight excluding hydrogens is 674 g/mol. The third-order valence-corrected chi connectivity index (χ3v) is 9.22. The number of aliphatic carboxylic acids is 1. The predicted molar refractivity (Wildman–Crippen MR) is 200 cm³/mol. The Hall–Kier alpha value is -6.24. The van der Waals surface area contributed by atoms with Crippen molar-refractivity contribution in [3.05, 3.63) is 107 Å². The molecule has 0 radical (unpaired) electrons. The molecule has 1 aliphatic rings. The number of urea groups is 1. The van der Waals surface area contributed by atoms with Gasteiger partial charge in [0.15, 0.2) is 0 Å². The number of carbonyl (C=O) groups excluding carboxylic acids is 3. The number of pyridine rings is 2. The van der Waals surface area contributed by atoms with Gasteiger partial charge in [0.2, 0.25) is 5.91 Å². The number of amides is 3. The zero-order valence-corrected chi connectivity index (χ0v) is 29.3. The Morgan fingerprint density at radius 1 is 0.792 bits per heavy atom. The average molecular weight is 716 g/mol. The molecule has 13 nitrogen and oxygen atoms in total. The van der Waals surface area contributed by atoms with Crippen molar-refractivity contribution in [2.24, 2.45) is 0 Å². The van der Waals surface area contributed by atoms with E-state index in [-0.39, 0.29) is 49.0 Å². The minimum absolute atomic E-state index is 0.0323. The van der Waals surface area contributed by atoms with E-state index >= 15 is 0 Å². The molecule has 0 aliphatic carbocycles. The topological polar surface area (TPSA) is 176 Å². The summed E-state index contributed by atoms with van der Waals surface area (Å²) < 4.78 is 1.51. The van der Waals surface area contributed by atoms with Crippen molar-refractivity contribution >= 4 is 40.3 Å². The fourth-order valence-corrected chi connectivity index (χ4v) is 6.34. The lowest BCUT2D eigenvalue weighted by molar-refractivity contribution is -0.138. The number of benzene rings is 2. The quantitative estimate of drug-likeness (QED) is 0.104. The summed E-state index contributed by atoms with van der Waals surface area (Å²) in [6.07, 6.45) is 8.09. The maximum atomic E-state index is 13.9. The van der Waals surface area contributed by atoms with Crippen LogP contribution in [0.1, 0.15) is 62.5 Å². The third-order valence-electron chi connectivity index (χ3n) is 9.22. The number of nitrogens with one attached hydrogen (secondary N) is 2. The van der Waals surface area contributed by atoms with Crippen LogP contribution in [-0.2, 0) is 34.0 Å². The maximum Gasteiger partial charge on any atom is 0.322 e. The molecule has 0 spiro atoms. The van der Waals surface area contributed by atoms with Crippen molar-refractivity contribution < 1.29 is 24.3 Å². The van der Waals surface area contributed by atoms with Crippen LogP contribution in [0, 0.1) is 0 Å². The van der Waals surface area contributed by atoms with Crippen LogP contribution < -0.4 is 16.2 Å². The first-order valence-corrected chi connectivity index (χ1v) is 17.8. The number of rotatable bonds is 16. The van der Waals surface area contributed by atoms with Gasteiger partial charge in [-0.25, -0.2) is 9.48 Å². The molecule has 5 aromatic rings. The van der Waals surface area contributed by atoms with Crippen LogP contribution in [0.2, 0.25) is 0 Å². The van der Waals surface area contributed by atoms with E-state index in [1.165, 1.54) is 4.68 Å². The second-order valence-electron chi connectivity index (χ2n) is 13.1. The Balaban J connectivity index is 1.10. The van der Waals surface area contributed by atoms with Crippen LogP contribution in [0.15, 0.2) is 90.1 Å². The molecule has 0 saturated carbocycles. The second-order valence-corrected chi connectivity index (χ2v) is 13.1. The number of ketones is 1. The van der Waals surface area contributed by atoms with Crippen LogP contribution in [0.5, 0.6) is 0 Å². The van der Waals surface area contributed by atoms with Crippen molar-refractivity contribution in [1.29, 1.82) is 0 Å². The molecule has 3 aromatic heterocycles. The van der Waals surface area contributed by atoms with E-state index in [9.17, 15) is 24.0 Å². The number of hydrogen-bond acceptors (Lipinski definition) is 8. The number of hydrogen-bond donors (Lipinski definition) is 3. The first kappa shape index (κ1) is 36.5. The summed E-state index contributed by atoms with van der Waals surface area (Å²) in [5.41, 5.74) is 6.03. The normalized spacial score (nSPS) is 12.0. The molecule has 2 aromatic carbocycles. The number of carboxylic acids is 1. The molecule has 13 heteroatoms. The summed E-state index contributed by atoms with van der Waals surface area (Å²) in [7, 11) is 0. The summed E-state index contributed by atoms with van der Waals surface area (Å²) in [5.74, 6) is -1.50. The summed E-state index contributed by atoms with van der Waals surface area (Å²) in [6.45, 7) is 1.89. The molecule has 0 saturated heterocycles. The number of aromatic nitrogens is 4. The van der Waals surface area contributed by atoms with Crippen molar-refractivity contribution in [3.63, 3.8) is 0 Å². The lowest BCUT2D eigenvalue weighted by Crippen LogP contribution is -2.30. The van der Waals surface area contributed by atoms with Crippen LogP contribution in [0.3, 0.4) is 0 Å². The molecule has 0 bridgehead atoms. The van der Waals surface area contributed by atoms with E-state index in [2.05, 4.69) is 20.6 Å². The molecule has 272 valence electrons. The zero-order chi connectivity index (χ0) is 37.2. The Morgan fingerprint density at radius 2 is 1.58 bits per heavy atom. The van der Waals surface area contributed by atoms with Gasteiger partial charge >= 0.3 is 12.0 Å². The maximum absolute atomic E-state index is 13.9. The van der Waals surface area contributed by atoms with Crippen molar-refractivity contribution in [2.75, 3.05) is 11.9 Å². The Bertz CT molecular complexity index is 2150. The van der Waals surface area contributed by atoms with E-state index < -0.39 is 5.97 Å². The molecule has 0 fully saturated rings. The highest BCUT2D eigenvalue weighted by Crippen LogP contribution is 2.29. The van der Waals surface area contributed by atoms with E-state index in [0.29, 0.717) is 49.5 Å². The fraction of sp³-hybridized carbons (Fsp3) is 0.300. The number of aryl methyl sites for hydroxylation is 1. The van der Waals surface area contributed by atoms with Gasteiger partial charge in [0, 0.05) is 80.7 Å². The van der Waals surface area contributed by atoms with E-state index in [1.807, 2.05) is 66.7 Å². The summed E-state index contributed by atoms with van der Waals surface area (Å²) >= 11 is 0. The number of fused-ring (bicyclic) bond motifs is 2. The number of Topliss-reactive ketones (excluding diaryl/α,β-unsaturated/α-hetero) is 1. The second kappa shape index (κ2) is 17.3. The van der Waals surface area contributed by atoms with E-state index in [4.69, 9.17) is 10.2 Å². The first-order chi connectivity index (χ1) is 25.7. The first-order valence-electron chi connectivity index (χ1n) is 17.8. The van der Waals surface area contributed by atoms with Crippen LogP contribution >= 0.6 is 0 Å². The van der Waals surface area contributed by atoms with Crippen molar-refractivity contribution in [1.82, 2.24) is 30.0 Å². The molecule has 3 amide bonds. The Morgan fingerprint density at radius 3 is 2.40 bits per heavy atom. The highest BCUT2D eigenvalue weighted by atomic mass is 16.4. The Labute approximate surface area is 306 Å². The van der Waals surface area contributed by atoms with Gasteiger partial charge in [0.25, 0.3) is 5.56 Å². The zero-order valence-electron chi connectivity index (χ0n) is 29.3. The molecule has 3 N–H and O–H groups in total. The lowest BCUT2D eigenvalue weighted by atomic mass is 10.00. The average Bonchev–Trinajstić information content (AvgIpc) is 3.61. The largest absolute Gasteiger partial charge is 0.481 e. The van der Waals surface area contributed by atoms with Gasteiger partial charge in [-0.05, 0) is 65.9 Å². The number of carboxylic acid groups (broad SMARTS) is 1. The predicted octanol–water partition coefficient (Wildman–Crippen LogP) is 5.96. The smallest absolute Gasteiger partial charge is 0.322 e. The number of nitrogens with zero attached hydrogens (tertiary/aromatic N) is 5. The van der Waals surface area contributed by atoms with Crippen LogP contribution in [0.4, 0.5) is 10.5 Å². The van der Waals surface area contributed by atoms with E-state index in [0.717, 1.165) is 52.4 Å². The summed E-state index contributed by atoms with van der Waals surface area (Å²) in [6, 6.07) is 20.5. The number of carbonyl (C=O) groups is 4. The van der Waals surface area contributed by atoms with Gasteiger partial charge in [0.05, 0.1) is 23.2 Å². The van der Waals surface area contributed by atoms with Crippen molar-refractivity contribution in [2.45, 2.75) is 71.0 Å². The molecular formula is C40H41N7O6. The minimum atomic E-state index is -1.03. The lowest BCUT2D eigenvalue weighted by Gasteiger charge is -2.17. The van der Waals surface area contributed by atoms with E-state index in [1.54, 1.807) is 23.5 Å². The SMILES string of the molecule is O=C(O)CCC(=O)CCC(=O)NCCCCCCn1nc(-c2ccc(NC(=O)N3Cc4ccncc4C3)cc2)cc(-c2cccc3ncccc23)c1=O. The van der Waals surface area contributed by atoms with Gasteiger partial charge < -0.3 is 20.6 Å². The number of anilines is 1. The monoisotopic (exact) mass is 715 g/mol. The molecule has 4 heterocycles. The summed E-state index contributed by atoms with van der Waals surface area (Å²) in [5, 5.41) is 20.1. The minimum Gasteiger partial charge on any atom is -0.481 e. The van der Waals surface area contributed by atoms with Gasteiger partial charge in [-0.15, -0.1) is 0 Å². The molecule has 1 aliphatic heterocycles. The molecule has 6 rings (SSSR count).